The Kier molecular flexibility index (Phi) is 3.35. The molecule has 0 bridgehead atoms. The van der Waals surface area contributed by atoms with Crippen LogP contribution in [0.15, 0.2) is 4.90 Å². The van der Waals surface area contributed by atoms with Gasteiger partial charge in [0.15, 0.2) is 23.3 Å². The normalized spacial score (nSPS) is 15.1. The molecule has 3 amide bonds. The van der Waals surface area contributed by atoms with Crippen LogP contribution in [0.1, 0.15) is 0 Å². The molecular weight excluding hydrogens is 295 g/mol. The van der Waals surface area contributed by atoms with Gasteiger partial charge in [0.05, 0.1) is 0 Å². The summed E-state index contributed by atoms with van der Waals surface area (Å²) in [5, 5.41) is 1.79. The summed E-state index contributed by atoms with van der Waals surface area (Å²) in [4.78, 5) is 20.7. The summed E-state index contributed by atoms with van der Waals surface area (Å²) in [5.74, 6) is -11.4. The molecule has 102 valence electrons. The number of urea groups is 1. The van der Waals surface area contributed by atoms with Gasteiger partial charge in [-0.3, -0.25) is 14.4 Å². The topological polar surface area (TPSA) is 49.4 Å². The van der Waals surface area contributed by atoms with Crippen molar-refractivity contribution in [2.45, 2.75) is 4.90 Å². The first-order valence-electron chi connectivity index (χ1n) is 4.63. The molecule has 0 spiro atoms. The fourth-order valence-corrected chi connectivity index (χ4v) is 2.14. The van der Waals surface area contributed by atoms with E-state index in [0.717, 1.165) is 0 Å². The maximum atomic E-state index is 13.3. The first-order chi connectivity index (χ1) is 8.82. The number of hydrogen-bond donors (Lipinski definition) is 1. The maximum absolute atomic E-state index is 13.3. The van der Waals surface area contributed by atoms with Crippen molar-refractivity contribution in [3.05, 3.63) is 29.1 Å². The quantitative estimate of drug-likeness (QED) is 0.298. The highest BCUT2D eigenvalue weighted by molar-refractivity contribution is 7.97. The third kappa shape index (κ3) is 2.23. The highest BCUT2D eigenvalue weighted by Crippen LogP contribution is 2.33. The van der Waals surface area contributed by atoms with Crippen molar-refractivity contribution >= 4 is 23.9 Å². The molecule has 0 unspecified atom stereocenters. The van der Waals surface area contributed by atoms with Gasteiger partial charge in [-0.05, 0) is 11.9 Å². The predicted molar refractivity (Wildman–Crippen MR) is 52.3 cm³/mol. The van der Waals surface area contributed by atoms with E-state index in [1.165, 1.54) is 0 Å². The number of nitrogens with zero attached hydrogens (tertiary/aromatic N) is 1. The Morgan fingerprint density at radius 3 is 1.79 bits per heavy atom. The first-order valence-corrected chi connectivity index (χ1v) is 5.41. The number of imide groups is 1. The van der Waals surface area contributed by atoms with Gasteiger partial charge in [-0.1, -0.05) is 0 Å². The van der Waals surface area contributed by atoms with Crippen LogP contribution < -0.4 is 5.32 Å². The van der Waals surface area contributed by atoms with Gasteiger partial charge in [0.1, 0.15) is 11.4 Å². The van der Waals surface area contributed by atoms with Gasteiger partial charge in [-0.15, -0.1) is 0 Å². The molecule has 4 nitrogen and oxygen atoms in total. The number of rotatable bonds is 2. The van der Waals surface area contributed by atoms with E-state index in [9.17, 15) is 31.5 Å². The van der Waals surface area contributed by atoms with E-state index in [0.29, 0.717) is 4.31 Å². The second kappa shape index (κ2) is 4.68. The maximum Gasteiger partial charge on any atom is 0.334 e. The van der Waals surface area contributed by atoms with Crippen molar-refractivity contribution < 1.29 is 31.5 Å². The average molecular weight is 298 g/mol. The average Bonchev–Trinajstić information content (AvgIpc) is 2.68. The SMILES string of the molecule is O=C1CN(Sc2c(F)c(F)c(F)c(F)c2F)C(=O)N1. The van der Waals surface area contributed by atoms with Crippen LogP contribution in [-0.2, 0) is 4.79 Å². The van der Waals surface area contributed by atoms with Gasteiger partial charge >= 0.3 is 6.03 Å². The molecule has 0 radical (unpaired) electrons. The number of benzene rings is 1. The Balaban J connectivity index is 2.41. The second-order valence-corrected chi connectivity index (χ2v) is 4.41. The molecule has 1 fully saturated rings. The molecule has 0 aliphatic carbocycles. The van der Waals surface area contributed by atoms with Crippen LogP contribution in [0.25, 0.3) is 0 Å². The van der Waals surface area contributed by atoms with E-state index < -0.39 is 52.5 Å². The molecule has 1 heterocycles. The predicted octanol–water partition coefficient (Wildman–Crippen LogP) is 1.94. The van der Waals surface area contributed by atoms with Crippen LogP contribution in [0.3, 0.4) is 0 Å². The van der Waals surface area contributed by atoms with Gasteiger partial charge in [0.2, 0.25) is 11.7 Å². The number of carbonyl (C=O) groups is 2. The van der Waals surface area contributed by atoms with Crippen LogP contribution in [-0.4, -0.2) is 22.8 Å². The van der Waals surface area contributed by atoms with E-state index in [4.69, 9.17) is 0 Å². The fourth-order valence-electron chi connectivity index (χ4n) is 1.27. The smallest absolute Gasteiger partial charge is 0.276 e. The van der Waals surface area contributed by atoms with Gasteiger partial charge in [-0.25, -0.2) is 26.7 Å². The molecular formula is C9H3F5N2O2S. The van der Waals surface area contributed by atoms with Crippen molar-refractivity contribution in [3.63, 3.8) is 0 Å². The molecule has 1 aliphatic heterocycles. The Morgan fingerprint density at radius 1 is 0.895 bits per heavy atom. The Bertz CT molecular complexity index is 565. The number of amides is 3. The van der Waals surface area contributed by atoms with E-state index in [-0.39, 0.29) is 11.9 Å². The molecule has 1 aliphatic rings. The Labute approximate surface area is 106 Å². The molecule has 19 heavy (non-hydrogen) atoms. The Morgan fingerprint density at radius 2 is 1.37 bits per heavy atom. The van der Waals surface area contributed by atoms with Crippen molar-refractivity contribution in [2.75, 3.05) is 6.54 Å². The summed E-state index contributed by atoms with van der Waals surface area (Å²) in [7, 11) is 0. The van der Waals surface area contributed by atoms with Crippen molar-refractivity contribution in [1.82, 2.24) is 9.62 Å². The molecule has 0 aromatic heterocycles. The minimum atomic E-state index is -2.29. The molecule has 0 atom stereocenters. The summed E-state index contributed by atoms with van der Waals surface area (Å²) in [6, 6.07) is -1.00. The van der Waals surface area contributed by atoms with E-state index >= 15 is 0 Å². The summed E-state index contributed by atoms with van der Waals surface area (Å²) in [5.41, 5.74) is 0. The lowest BCUT2D eigenvalue weighted by Crippen LogP contribution is -2.23. The van der Waals surface area contributed by atoms with Crippen molar-refractivity contribution in [2.24, 2.45) is 0 Å². The van der Waals surface area contributed by atoms with Gasteiger partial charge in [-0.2, -0.15) is 0 Å². The van der Waals surface area contributed by atoms with Crippen LogP contribution in [0, 0.1) is 29.1 Å². The Hall–Kier alpha value is -1.84. The highest BCUT2D eigenvalue weighted by atomic mass is 32.2. The summed E-state index contributed by atoms with van der Waals surface area (Å²) in [6.45, 7) is -0.553. The number of halogens is 5. The van der Waals surface area contributed by atoms with Crippen LogP contribution >= 0.6 is 11.9 Å². The molecule has 1 aromatic rings. The van der Waals surface area contributed by atoms with E-state index in [1.54, 1.807) is 5.32 Å². The largest absolute Gasteiger partial charge is 0.334 e. The summed E-state index contributed by atoms with van der Waals surface area (Å²) < 4.78 is 65.7. The van der Waals surface area contributed by atoms with E-state index in [1.807, 2.05) is 0 Å². The third-order valence-corrected chi connectivity index (χ3v) is 3.19. The lowest BCUT2D eigenvalue weighted by atomic mass is 10.3. The number of nitrogens with one attached hydrogen (secondary N) is 1. The second-order valence-electron chi connectivity index (χ2n) is 3.38. The molecule has 10 heteroatoms. The lowest BCUT2D eigenvalue weighted by Gasteiger charge is -2.13. The fraction of sp³-hybridized carbons (Fsp3) is 0.111. The zero-order valence-electron chi connectivity index (χ0n) is 8.77. The van der Waals surface area contributed by atoms with Crippen LogP contribution in [0.5, 0.6) is 0 Å². The molecule has 1 saturated heterocycles. The molecule has 1 aromatic carbocycles. The summed E-state index contributed by atoms with van der Waals surface area (Å²) >= 11 is -0.0429. The standard InChI is InChI=1S/C9H3F5N2O2S/c10-3-4(11)6(13)8(7(14)5(3)12)19-16-1-2(17)15-9(16)18/h1H2,(H,15,17,18). The van der Waals surface area contributed by atoms with Crippen LogP contribution in [0.2, 0.25) is 0 Å². The minimum absolute atomic E-state index is 0.0429. The summed E-state index contributed by atoms with van der Waals surface area (Å²) in [6.07, 6.45) is 0. The van der Waals surface area contributed by atoms with Gasteiger partial charge < -0.3 is 0 Å². The lowest BCUT2D eigenvalue weighted by molar-refractivity contribution is -0.118. The van der Waals surface area contributed by atoms with Crippen molar-refractivity contribution in [3.8, 4) is 0 Å². The van der Waals surface area contributed by atoms with Gasteiger partial charge in [0, 0.05) is 0 Å². The molecule has 1 N–H and O–H groups in total. The highest BCUT2D eigenvalue weighted by Gasteiger charge is 2.33. The number of carbonyl (C=O) groups excluding carboxylic acids is 2. The zero-order chi connectivity index (χ0) is 14.3. The first kappa shape index (κ1) is 13.6. The molecule has 0 saturated carbocycles. The van der Waals surface area contributed by atoms with Crippen LogP contribution in [0.4, 0.5) is 26.7 Å². The zero-order valence-corrected chi connectivity index (χ0v) is 9.59. The minimum Gasteiger partial charge on any atom is -0.276 e. The van der Waals surface area contributed by atoms with Gasteiger partial charge in [0.25, 0.3) is 0 Å². The monoisotopic (exact) mass is 298 g/mol. The van der Waals surface area contributed by atoms with E-state index in [2.05, 4.69) is 0 Å². The number of hydrogen-bond acceptors (Lipinski definition) is 3. The van der Waals surface area contributed by atoms with Crippen molar-refractivity contribution in [1.29, 1.82) is 0 Å². The molecule has 2 rings (SSSR count). The third-order valence-electron chi connectivity index (χ3n) is 2.13.